The number of carbonyl (C=O) groups excluding carboxylic acids is 2. The van der Waals surface area contributed by atoms with Crippen LogP contribution in [0.3, 0.4) is 0 Å². The fourth-order valence-electron chi connectivity index (χ4n) is 3.40. The van der Waals surface area contributed by atoms with Crippen LogP contribution in [0.5, 0.6) is 5.75 Å². The Kier molecular flexibility index (Phi) is 7.00. The van der Waals surface area contributed by atoms with Gasteiger partial charge in [0.05, 0.1) is 35.9 Å². The molecule has 2 heterocycles. The number of hydrogen-bond acceptors (Lipinski definition) is 6. The third kappa shape index (κ3) is 4.31. The van der Waals surface area contributed by atoms with E-state index in [9.17, 15) is 14.7 Å². The molecule has 0 spiro atoms. The van der Waals surface area contributed by atoms with Crippen LogP contribution < -0.4 is 4.74 Å². The Morgan fingerprint density at radius 1 is 1.30 bits per heavy atom. The number of ketones is 1. The summed E-state index contributed by atoms with van der Waals surface area (Å²) in [5.41, 5.74) is 1.48. The van der Waals surface area contributed by atoms with Crippen LogP contribution in [0.4, 0.5) is 0 Å². The minimum Gasteiger partial charge on any atom is -0.507 e. The predicted octanol–water partition coefficient (Wildman–Crippen LogP) is 4.67. The third-order valence-corrected chi connectivity index (χ3v) is 6.59. The molecule has 3 rings (SSSR count). The summed E-state index contributed by atoms with van der Waals surface area (Å²) in [4.78, 5) is 28.2. The van der Waals surface area contributed by atoms with Gasteiger partial charge in [-0.25, -0.2) is 0 Å². The molecule has 1 aromatic carbocycles. The molecule has 0 aliphatic carbocycles. The average molecular weight is 494 g/mol. The number of methoxy groups -OCH3 is 1. The standard InChI is InChI=1S/C22H24BrNO5S/c1-12(2)29-9-8-24-18(21-13(3)7-10-30-21)17(20(26)22(24)27)19(25)14-5-6-16(28-4)15(23)11-14/h5-7,10-12,18,25H,8-9H2,1-4H3/b19-17-. The number of amides is 1. The lowest BCUT2D eigenvalue weighted by Gasteiger charge is -2.25. The van der Waals surface area contributed by atoms with Crippen molar-refractivity contribution in [2.24, 2.45) is 0 Å². The van der Waals surface area contributed by atoms with Crippen LogP contribution in [-0.2, 0) is 14.3 Å². The van der Waals surface area contributed by atoms with Crippen molar-refractivity contribution in [3.05, 3.63) is 55.7 Å². The summed E-state index contributed by atoms with van der Waals surface area (Å²) in [5, 5.41) is 13.0. The van der Waals surface area contributed by atoms with E-state index < -0.39 is 17.7 Å². The smallest absolute Gasteiger partial charge is 0.295 e. The number of carbonyl (C=O) groups is 2. The summed E-state index contributed by atoms with van der Waals surface area (Å²) >= 11 is 4.86. The van der Waals surface area contributed by atoms with E-state index in [0.717, 1.165) is 10.4 Å². The quantitative estimate of drug-likeness (QED) is 0.344. The van der Waals surface area contributed by atoms with E-state index in [1.165, 1.54) is 16.2 Å². The van der Waals surface area contributed by atoms with Gasteiger partial charge in [0.15, 0.2) is 0 Å². The fraction of sp³-hybridized carbons (Fsp3) is 0.364. The van der Waals surface area contributed by atoms with E-state index in [-0.39, 0.29) is 24.0 Å². The van der Waals surface area contributed by atoms with Gasteiger partial charge in [0.2, 0.25) is 0 Å². The monoisotopic (exact) mass is 493 g/mol. The average Bonchev–Trinajstić information content (AvgIpc) is 3.23. The van der Waals surface area contributed by atoms with Gasteiger partial charge in [-0.2, -0.15) is 0 Å². The number of thiophene rings is 1. The SMILES string of the molecule is COc1ccc(/C(O)=C2/C(=O)C(=O)N(CCOC(C)C)C2c2sccc2C)cc1Br. The Morgan fingerprint density at radius 2 is 2.03 bits per heavy atom. The lowest BCUT2D eigenvalue weighted by molar-refractivity contribution is -0.140. The lowest BCUT2D eigenvalue weighted by Crippen LogP contribution is -2.33. The summed E-state index contributed by atoms with van der Waals surface area (Å²) in [6, 6.07) is 6.31. The lowest BCUT2D eigenvalue weighted by atomic mass is 9.98. The van der Waals surface area contributed by atoms with Crippen molar-refractivity contribution in [1.29, 1.82) is 0 Å². The molecule has 1 N–H and O–H groups in total. The molecule has 6 nitrogen and oxygen atoms in total. The number of likely N-dealkylation sites (tertiary alicyclic amines) is 1. The van der Waals surface area contributed by atoms with Gasteiger partial charge in [-0.15, -0.1) is 11.3 Å². The zero-order chi connectivity index (χ0) is 22.0. The molecule has 0 saturated carbocycles. The molecule has 160 valence electrons. The van der Waals surface area contributed by atoms with Crippen molar-refractivity contribution in [3.8, 4) is 5.75 Å². The predicted molar refractivity (Wildman–Crippen MR) is 120 cm³/mol. The number of aryl methyl sites for hydroxylation is 1. The van der Waals surface area contributed by atoms with Crippen molar-refractivity contribution < 1.29 is 24.2 Å². The van der Waals surface area contributed by atoms with Crippen LogP contribution in [0.15, 0.2) is 39.7 Å². The van der Waals surface area contributed by atoms with Crippen molar-refractivity contribution in [2.45, 2.75) is 32.9 Å². The summed E-state index contributed by atoms with van der Waals surface area (Å²) in [6.45, 7) is 6.32. The minimum atomic E-state index is -0.693. The first-order valence-electron chi connectivity index (χ1n) is 9.54. The maximum Gasteiger partial charge on any atom is 0.295 e. The maximum atomic E-state index is 13.0. The van der Waals surface area contributed by atoms with Gasteiger partial charge < -0.3 is 19.5 Å². The molecule has 2 aromatic rings. The molecule has 1 fully saturated rings. The molecule has 30 heavy (non-hydrogen) atoms. The number of nitrogens with zero attached hydrogens (tertiary/aromatic N) is 1. The fourth-order valence-corrected chi connectivity index (χ4v) is 4.99. The normalized spacial score (nSPS) is 18.5. The first kappa shape index (κ1) is 22.5. The highest BCUT2D eigenvalue weighted by atomic mass is 79.9. The van der Waals surface area contributed by atoms with Crippen molar-refractivity contribution >= 4 is 44.7 Å². The van der Waals surface area contributed by atoms with Crippen LogP contribution in [0, 0.1) is 6.92 Å². The van der Waals surface area contributed by atoms with E-state index in [1.807, 2.05) is 32.2 Å². The van der Waals surface area contributed by atoms with E-state index >= 15 is 0 Å². The second-order valence-corrected chi connectivity index (χ2v) is 9.03. The molecule has 1 aromatic heterocycles. The van der Waals surface area contributed by atoms with Gasteiger partial charge in [-0.05, 0) is 71.9 Å². The Hall–Kier alpha value is -2.16. The van der Waals surface area contributed by atoms with Crippen molar-refractivity contribution in [2.75, 3.05) is 20.3 Å². The minimum absolute atomic E-state index is 0.0143. The summed E-state index contributed by atoms with van der Waals surface area (Å²) in [5.74, 6) is -0.929. The molecule has 1 amide bonds. The molecule has 1 aliphatic heterocycles. The highest BCUT2D eigenvalue weighted by molar-refractivity contribution is 9.10. The number of aliphatic hydroxyl groups excluding tert-OH is 1. The van der Waals surface area contributed by atoms with E-state index in [0.29, 0.717) is 22.4 Å². The molecule has 0 radical (unpaired) electrons. The Morgan fingerprint density at radius 3 is 2.60 bits per heavy atom. The van der Waals surface area contributed by atoms with E-state index in [1.54, 1.807) is 25.3 Å². The summed E-state index contributed by atoms with van der Waals surface area (Å²) < 4.78 is 11.5. The van der Waals surface area contributed by atoms with Crippen LogP contribution in [0.2, 0.25) is 0 Å². The van der Waals surface area contributed by atoms with E-state index in [2.05, 4.69) is 15.9 Å². The van der Waals surface area contributed by atoms with Crippen LogP contribution in [0.25, 0.3) is 5.76 Å². The molecule has 8 heteroatoms. The number of hydrogen-bond donors (Lipinski definition) is 1. The summed E-state index contributed by atoms with van der Waals surface area (Å²) in [6.07, 6.45) is 0.0143. The zero-order valence-electron chi connectivity index (χ0n) is 17.3. The van der Waals surface area contributed by atoms with Crippen LogP contribution >= 0.6 is 27.3 Å². The van der Waals surface area contributed by atoms with Gasteiger partial charge >= 0.3 is 0 Å². The number of halogens is 1. The largest absolute Gasteiger partial charge is 0.507 e. The Balaban J connectivity index is 2.09. The molecular weight excluding hydrogens is 470 g/mol. The highest BCUT2D eigenvalue weighted by Crippen LogP contribution is 2.43. The van der Waals surface area contributed by atoms with Gasteiger partial charge in [-0.1, -0.05) is 0 Å². The van der Waals surface area contributed by atoms with E-state index in [4.69, 9.17) is 9.47 Å². The zero-order valence-corrected chi connectivity index (χ0v) is 19.7. The topological polar surface area (TPSA) is 76.1 Å². The number of Topliss-reactive ketones (excluding diaryl/α,β-unsaturated/α-hetero) is 1. The number of ether oxygens (including phenoxy) is 2. The second-order valence-electron chi connectivity index (χ2n) is 7.23. The van der Waals surface area contributed by atoms with Crippen molar-refractivity contribution in [3.63, 3.8) is 0 Å². The Bertz CT molecular complexity index is 997. The first-order chi connectivity index (χ1) is 14.3. The van der Waals surface area contributed by atoms with Crippen molar-refractivity contribution in [1.82, 2.24) is 4.90 Å². The molecule has 1 unspecified atom stereocenters. The third-order valence-electron chi connectivity index (χ3n) is 4.90. The number of aliphatic hydroxyl groups is 1. The van der Waals surface area contributed by atoms with Gasteiger partial charge in [0.1, 0.15) is 11.5 Å². The van der Waals surface area contributed by atoms with Gasteiger partial charge in [-0.3, -0.25) is 9.59 Å². The van der Waals surface area contributed by atoms with Gasteiger partial charge in [0.25, 0.3) is 11.7 Å². The molecular formula is C22H24BrNO5S. The summed E-state index contributed by atoms with van der Waals surface area (Å²) in [7, 11) is 1.55. The number of rotatable bonds is 7. The second kappa shape index (κ2) is 9.32. The molecule has 1 saturated heterocycles. The maximum absolute atomic E-state index is 13.0. The molecule has 1 atom stereocenters. The first-order valence-corrected chi connectivity index (χ1v) is 11.2. The van der Waals surface area contributed by atoms with Crippen LogP contribution in [-0.4, -0.2) is 48.1 Å². The highest BCUT2D eigenvalue weighted by Gasteiger charge is 2.46. The van der Waals surface area contributed by atoms with Crippen LogP contribution in [0.1, 0.15) is 35.9 Å². The molecule has 1 aliphatic rings. The van der Waals surface area contributed by atoms with Gasteiger partial charge in [0, 0.05) is 17.0 Å². The number of benzene rings is 1. The Labute approximate surface area is 188 Å². The molecule has 0 bridgehead atoms.